The number of aromatic nitrogens is 2. The Balaban J connectivity index is 0.000000227. The molecule has 2 aromatic rings. The molecule has 0 aliphatic rings. The minimum absolute atomic E-state index is 0. The normalized spacial score (nSPS) is 8.50. The van der Waals surface area contributed by atoms with Crippen LogP contribution in [0, 0.1) is 6.92 Å². The van der Waals surface area contributed by atoms with Crippen LogP contribution < -0.4 is 0 Å². The minimum atomic E-state index is 0. The molecule has 2 aromatic heterocycles. The van der Waals surface area contributed by atoms with Crippen LogP contribution in [-0.4, -0.2) is 9.13 Å². The Bertz CT molecular complexity index is 314. The van der Waals surface area contributed by atoms with Crippen molar-refractivity contribution in [1.82, 2.24) is 9.13 Å². The Morgan fingerprint density at radius 3 is 1.64 bits per heavy atom. The molecular formula is C12H20N2. The largest absolute Gasteiger partial charge is 0.357 e. The van der Waals surface area contributed by atoms with Gasteiger partial charge < -0.3 is 9.13 Å². The van der Waals surface area contributed by atoms with Gasteiger partial charge in [-0.15, -0.1) is 0 Å². The zero-order valence-electron chi connectivity index (χ0n) is 8.44. The zero-order chi connectivity index (χ0) is 9.68. The first-order chi connectivity index (χ1) is 6.20. The molecular weight excluding hydrogens is 172 g/mol. The lowest BCUT2D eigenvalue weighted by Gasteiger charge is -1.89. The van der Waals surface area contributed by atoms with E-state index in [1.807, 2.05) is 55.5 Å². The standard InChI is InChI=1S/C6H9N.C5H7N.CH4/c1-6-4-3-5-7(6)2;1-6-4-2-3-5-6;/h3-5H,1-2H3;2-5H,1H3;1H4. The van der Waals surface area contributed by atoms with Gasteiger partial charge in [-0.3, -0.25) is 0 Å². The monoisotopic (exact) mass is 192 g/mol. The average Bonchev–Trinajstić information content (AvgIpc) is 2.67. The molecule has 0 saturated carbocycles. The van der Waals surface area contributed by atoms with Crippen LogP contribution in [0.1, 0.15) is 13.1 Å². The molecule has 0 radical (unpaired) electrons. The van der Waals surface area contributed by atoms with E-state index in [2.05, 4.69) is 17.6 Å². The molecule has 0 amide bonds. The molecule has 0 saturated heterocycles. The van der Waals surface area contributed by atoms with Crippen molar-refractivity contribution in [2.75, 3.05) is 0 Å². The third kappa shape index (κ3) is 3.99. The molecule has 78 valence electrons. The predicted octanol–water partition coefficient (Wildman–Crippen LogP) is 2.99. The van der Waals surface area contributed by atoms with E-state index < -0.39 is 0 Å². The summed E-state index contributed by atoms with van der Waals surface area (Å²) in [6.45, 7) is 2.08. The molecule has 2 rings (SSSR count). The van der Waals surface area contributed by atoms with E-state index in [9.17, 15) is 0 Å². The van der Waals surface area contributed by atoms with Crippen LogP contribution in [0.25, 0.3) is 0 Å². The van der Waals surface area contributed by atoms with Crippen molar-refractivity contribution in [2.24, 2.45) is 14.1 Å². The highest BCUT2D eigenvalue weighted by Gasteiger charge is 1.82. The molecule has 0 bridgehead atoms. The Labute approximate surface area is 86.8 Å². The summed E-state index contributed by atoms with van der Waals surface area (Å²) in [4.78, 5) is 0. The van der Waals surface area contributed by atoms with Crippen molar-refractivity contribution in [1.29, 1.82) is 0 Å². The predicted molar refractivity (Wildman–Crippen MR) is 62.3 cm³/mol. The number of rotatable bonds is 0. The SMILES string of the molecule is C.Cc1cccn1C.Cn1cccc1. The van der Waals surface area contributed by atoms with Crippen LogP contribution >= 0.6 is 0 Å². The van der Waals surface area contributed by atoms with Crippen molar-refractivity contribution in [3.63, 3.8) is 0 Å². The highest BCUT2D eigenvalue weighted by atomic mass is 14.9. The van der Waals surface area contributed by atoms with Crippen LogP contribution in [0.15, 0.2) is 42.9 Å². The Morgan fingerprint density at radius 1 is 0.929 bits per heavy atom. The molecule has 0 N–H and O–H groups in total. The first-order valence-corrected chi connectivity index (χ1v) is 4.35. The summed E-state index contributed by atoms with van der Waals surface area (Å²) in [7, 11) is 4.04. The lowest BCUT2D eigenvalue weighted by atomic mass is 10.5. The van der Waals surface area contributed by atoms with Gasteiger partial charge in [-0.25, -0.2) is 0 Å². The van der Waals surface area contributed by atoms with E-state index in [-0.39, 0.29) is 7.43 Å². The van der Waals surface area contributed by atoms with E-state index in [0.717, 1.165) is 0 Å². The summed E-state index contributed by atoms with van der Waals surface area (Å²) >= 11 is 0. The summed E-state index contributed by atoms with van der Waals surface area (Å²) in [5.41, 5.74) is 1.31. The fourth-order valence-corrected chi connectivity index (χ4v) is 0.967. The highest BCUT2D eigenvalue weighted by Crippen LogP contribution is 1.93. The Kier molecular flexibility index (Phi) is 5.46. The van der Waals surface area contributed by atoms with Gasteiger partial charge in [0.1, 0.15) is 0 Å². The first-order valence-electron chi connectivity index (χ1n) is 4.35. The molecule has 0 atom stereocenters. The van der Waals surface area contributed by atoms with Crippen LogP contribution in [0.3, 0.4) is 0 Å². The van der Waals surface area contributed by atoms with Gasteiger partial charge in [0.15, 0.2) is 0 Å². The maximum atomic E-state index is 2.08. The van der Waals surface area contributed by atoms with E-state index in [0.29, 0.717) is 0 Å². The fourth-order valence-electron chi connectivity index (χ4n) is 0.967. The average molecular weight is 192 g/mol. The van der Waals surface area contributed by atoms with Crippen LogP contribution in [0.2, 0.25) is 0 Å². The van der Waals surface area contributed by atoms with E-state index in [1.165, 1.54) is 5.69 Å². The maximum Gasteiger partial charge on any atom is 0.0140 e. The van der Waals surface area contributed by atoms with E-state index in [1.54, 1.807) is 0 Å². The second-order valence-corrected chi connectivity index (χ2v) is 3.11. The summed E-state index contributed by atoms with van der Waals surface area (Å²) in [5, 5.41) is 0. The highest BCUT2D eigenvalue weighted by molar-refractivity contribution is 5.02. The molecule has 2 heteroatoms. The third-order valence-corrected chi connectivity index (χ3v) is 1.96. The fraction of sp³-hybridized carbons (Fsp3) is 0.333. The lowest BCUT2D eigenvalue weighted by molar-refractivity contribution is 0.882. The summed E-state index contributed by atoms with van der Waals surface area (Å²) in [6, 6.07) is 8.12. The van der Waals surface area contributed by atoms with Gasteiger partial charge in [-0.1, -0.05) is 7.43 Å². The quantitative estimate of drug-likeness (QED) is 0.607. The van der Waals surface area contributed by atoms with Crippen molar-refractivity contribution < 1.29 is 0 Å². The zero-order valence-corrected chi connectivity index (χ0v) is 8.44. The van der Waals surface area contributed by atoms with Crippen molar-refractivity contribution >= 4 is 0 Å². The topological polar surface area (TPSA) is 9.86 Å². The lowest BCUT2D eigenvalue weighted by Crippen LogP contribution is -1.84. The van der Waals surface area contributed by atoms with Crippen LogP contribution in [-0.2, 0) is 14.1 Å². The summed E-state index contributed by atoms with van der Waals surface area (Å²) in [6.07, 6.45) is 6.04. The van der Waals surface area contributed by atoms with Gasteiger partial charge in [0.2, 0.25) is 0 Å². The second kappa shape index (κ2) is 6.08. The summed E-state index contributed by atoms with van der Waals surface area (Å²) in [5.74, 6) is 0. The molecule has 0 spiro atoms. The van der Waals surface area contributed by atoms with Gasteiger partial charge in [-0.2, -0.15) is 0 Å². The molecule has 0 aliphatic heterocycles. The van der Waals surface area contributed by atoms with Gasteiger partial charge in [0.05, 0.1) is 0 Å². The smallest absolute Gasteiger partial charge is 0.0140 e. The number of hydrogen-bond donors (Lipinski definition) is 0. The van der Waals surface area contributed by atoms with Crippen LogP contribution in [0.5, 0.6) is 0 Å². The summed E-state index contributed by atoms with van der Waals surface area (Å²) < 4.78 is 4.08. The molecule has 2 heterocycles. The van der Waals surface area contributed by atoms with Crippen LogP contribution in [0.4, 0.5) is 0 Å². The number of aryl methyl sites for hydroxylation is 3. The second-order valence-electron chi connectivity index (χ2n) is 3.11. The van der Waals surface area contributed by atoms with Crippen molar-refractivity contribution in [3.8, 4) is 0 Å². The van der Waals surface area contributed by atoms with Gasteiger partial charge >= 0.3 is 0 Å². The van der Waals surface area contributed by atoms with Gasteiger partial charge in [0, 0.05) is 38.4 Å². The molecule has 0 unspecified atom stereocenters. The molecule has 0 aliphatic carbocycles. The van der Waals surface area contributed by atoms with Crippen molar-refractivity contribution in [3.05, 3.63) is 48.5 Å². The van der Waals surface area contributed by atoms with E-state index in [4.69, 9.17) is 0 Å². The maximum absolute atomic E-state index is 2.08. The van der Waals surface area contributed by atoms with Crippen molar-refractivity contribution in [2.45, 2.75) is 14.4 Å². The van der Waals surface area contributed by atoms with E-state index >= 15 is 0 Å². The molecule has 0 aromatic carbocycles. The third-order valence-electron chi connectivity index (χ3n) is 1.96. The Morgan fingerprint density at radius 2 is 1.50 bits per heavy atom. The molecule has 2 nitrogen and oxygen atoms in total. The molecule has 0 fully saturated rings. The number of nitrogens with zero attached hydrogens (tertiary/aromatic N) is 2. The van der Waals surface area contributed by atoms with Gasteiger partial charge in [-0.05, 0) is 31.2 Å². The number of hydrogen-bond acceptors (Lipinski definition) is 0. The Hall–Kier alpha value is -1.44. The van der Waals surface area contributed by atoms with Gasteiger partial charge in [0.25, 0.3) is 0 Å². The molecule has 14 heavy (non-hydrogen) atoms. The first kappa shape index (κ1) is 12.6. The minimum Gasteiger partial charge on any atom is -0.357 e.